The summed E-state index contributed by atoms with van der Waals surface area (Å²) in [5, 5.41) is 0. The van der Waals surface area contributed by atoms with Crippen LogP contribution >= 0.6 is 0 Å². The summed E-state index contributed by atoms with van der Waals surface area (Å²) in [5.74, 6) is 0.175. The summed E-state index contributed by atoms with van der Waals surface area (Å²) in [6.45, 7) is 1.45. The average Bonchev–Trinajstić information content (AvgIpc) is 2.67. The number of hydrogen-bond donors (Lipinski definition) is 0. The fourth-order valence-corrected chi connectivity index (χ4v) is 1.91. The second-order valence-electron chi connectivity index (χ2n) is 3.79. The van der Waals surface area contributed by atoms with E-state index in [-0.39, 0.29) is 12.1 Å². The number of carbonyl (C=O) groups excluding carboxylic acids is 1. The summed E-state index contributed by atoms with van der Waals surface area (Å²) >= 11 is 0. The topological polar surface area (TPSA) is 26.3 Å². The van der Waals surface area contributed by atoms with Crippen LogP contribution in [0.3, 0.4) is 0 Å². The highest BCUT2D eigenvalue weighted by atomic mass is 16.5. The van der Waals surface area contributed by atoms with E-state index in [1.807, 2.05) is 24.3 Å². The van der Waals surface area contributed by atoms with Gasteiger partial charge in [0.2, 0.25) is 0 Å². The first-order chi connectivity index (χ1) is 7.25. The Balaban J connectivity index is 2.00. The van der Waals surface area contributed by atoms with Crippen molar-refractivity contribution in [3.63, 3.8) is 0 Å². The molecule has 2 nitrogen and oxygen atoms in total. The van der Waals surface area contributed by atoms with Gasteiger partial charge in [-0.25, -0.2) is 0 Å². The van der Waals surface area contributed by atoms with Gasteiger partial charge in [0.25, 0.3) is 0 Å². The monoisotopic (exact) mass is 202 g/mol. The van der Waals surface area contributed by atoms with Gasteiger partial charge in [0, 0.05) is 12.8 Å². The van der Waals surface area contributed by atoms with E-state index >= 15 is 0 Å². The summed E-state index contributed by atoms with van der Waals surface area (Å²) in [4.78, 5) is 10.8. The Morgan fingerprint density at radius 1 is 1.27 bits per heavy atom. The molecule has 78 valence electrons. The van der Waals surface area contributed by atoms with Gasteiger partial charge in [-0.05, 0) is 18.1 Å². The van der Waals surface area contributed by atoms with Crippen LogP contribution in [0.5, 0.6) is 0 Å². The van der Waals surface area contributed by atoms with Crippen LogP contribution < -0.4 is 0 Å². The van der Waals surface area contributed by atoms with Crippen LogP contribution in [0, 0.1) is 0 Å². The highest BCUT2D eigenvalue weighted by Gasteiger charge is 2.21. The molecular formula is C13H14O2. The Labute approximate surface area is 89.6 Å². The van der Waals surface area contributed by atoms with E-state index in [9.17, 15) is 4.79 Å². The van der Waals surface area contributed by atoms with Crippen molar-refractivity contribution in [1.82, 2.24) is 0 Å². The average molecular weight is 202 g/mol. The van der Waals surface area contributed by atoms with E-state index in [1.54, 1.807) is 0 Å². The van der Waals surface area contributed by atoms with Crippen molar-refractivity contribution in [3.05, 3.63) is 48.0 Å². The molecule has 0 saturated carbocycles. The second-order valence-corrected chi connectivity index (χ2v) is 3.79. The molecule has 0 saturated heterocycles. The molecule has 0 aliphatic heterocycles. The maximum absolute atomic E-state index is 10.8. The molecule has 0 heterocycles. The fraction of sp³-hybridized carbons (Fsp3) is 0.308. The van der Waals surface area contributed by atoms with Gasteiger partial charge in [-0.2, -0.15) is 0 Å². The van der Waals surface area contributed by atoms with E-state index in [2.05, 4.69) is 18.2 Å². The van der Waals surface area contributed by atoms with Gasteiger partial charge >= 0.3 is 5.97 Å². The predicted octanol–water partition coefficient (Wildman–Crippen LogP) is 2.66. The lowest BCUT2D eigenvalue weighted by Gasteiger charge is -2.12. The zero-order chi connectivity index (χ0) is 10.7. The van der Waals surface area contributed by atoms with Crippen molar-refractivity contribution in [2.45, 2.75) is 25.4 Å². The van der Waals surface area contributed by atoms with Gasteiger partial charge in [-0.15, -0.1) is 0 Å². The first-order valence-electron chi connectivity index (χ1n) is 5.16. The van der Waals surface area contributed by atoms with E-state index in [1.165, 1.54) is 12.5 Å². The smallest absolute Gasteiger partial charge is 0.303 e. The van der Waals surface area contributed by atoms with Crippen LogP contribution in [0.1, 0.15) is 24.8 Å². The molecule has 15 heavy (non-hydrogen) atoms. The standard InChI is InChI=1S/C13H14O2/c1-10(14)15-13-8-7-12(9-13)11-5-3-2-4-6-11/h2-8,12-13H,9H2,1H3/t12-,13-/m1/s1. The van der Waals surface area contributed by atoms with Gasteiger partial charge in [0.05, 0.1) is 0 Å². The molecule has 0 unspecified atom stereocenters. The Morgan fingerprint density at radius 3 is 2.67 bits per heavy atom. The minimum atomic E-state index is -0.210. The third-order valence-electron chi connectivity index (χ3n) is 2.59. The van der Waals surface area contributed by atoms with Gasteiger partial charge < -0.3 is 4.74 Å². The molecule has 0 radical (unpaired) electrons. The quantitative estimate of drug-likeness (QED) is 0.544. The van der Waals surface area contributed by atoms with Gasteiger partial charge in [0.15, 0.2) is 0 Å². The molecule has 2 rings (SSSR count). The molecule has 0 N–H and O–H groups in total. The van der Waals surface area contributed by atoms with Crippen LogP contribution in [0.2, 0.25) is 0 Å². The molecule has 2 heteroatoms. The number of benzene rings is 1. The van der Waals surface area contributed by atoms with Crippen LogP contribution in [0.15, 0.2) is 42.5 Å². The number of hydrogen-bond acceptors (Lipinski definition) is 2. The van der Waals surface area contributed by atoms with E-state index < -0.39 is 0 Å². The van der Waals surface area contributed by atoms with Crippen LogP contribution in [-0.4, -0.2) is 12.1 Å². The number of esters is 1. The van der Waals surface area contributed by atoms with E-state index in [0.29, 0.717) is 5.92 Å². The van der Waals surface area contributed by atoms with Crippen molar-refractivity contribution in [2.75, 3.05) is 0 Å². The van der Waals surface area contributed by atoms with Gasteiger partial charge in [-0.1, -0.05) is 36.4 Å². The predicted molar refractivity (Wildman–Crippen MR) is 58.5 cm³/mol. The third-order valence-corrected chi connectivity index (χ3v) is 2.59. The van der Waals surface area contributed by atoms with Crippen molar-refractivity contribution >= 4 is 5.97 Å². The molecule has 2 atom stereocenters. The third kappa shape index (κ3) is 2.46. The molecule has 1 aliphatic carbocycles. The zero-order valence-electron chi connectivity index (χ0n) is 8.72. The van der Waals surface area contributed by atoms with Gasteiger partial charge in [-0.3, -0.25) is 4.79 Å². The summed E-state index contributed by atoms with van der Waals surface area (Å²) in [7, 11) is 0. The van der Waals surface area contributed by atoms with E-state index in [0.717, 1.165) is 6.42 Å². The normalized spacial score (nSPS) is 24.1. The Bertz CT molecular complexity index is 367. The number of allylic oxidation sites excluding steroid dienone is 1. The Morgan fingerprint density at radius 2 is 2.00 bits per heavy atom. The fourth-order valence-electron chi connectivity index (χ4n) is 1.91. The summed E-state index contributed by atoms with van der Waals surface area (Å²) in [6.07, 6.45) is 4.90. The van der Waals surface area contributed by atoms with Crippen molar-refractivity contribution in [3.8, 4) is 0 Å². The molecule has 1 aliphatic rings. The molecule has 1 aromatic carbocycles. The van der Waals surface area contributed by atoms with Crippen molar-refractivity contribution < 1.29 is 9.53 Å². The number of carbonyl (C=O) groups is 1. The minimum Gasteiger partial charge on any atom is -0.458 e. The lowest BCUT2D eigenvalue weighted by molar-refractivity contribution is -0.144. The zero-order valence-corrected chi connectivity index (χ0v) is 8.72. The number of rotatable bonds is 2. The summed E-state index contributed by atoms with van der Waals surface area (Å²) in [6, 6.07) is 10.3. The molecular weight excluding hydrogens is 188 g/mol. The molecule has 0 spiro atoms. The maximum atomic E-state index is 10.8. The molecule has 0 fully saturated rings. The molecule has 0 amide bonds. The first kappa shape index (κ1) is 9.97. The number of ether oxygens (including phenoxy) is 1. The van der Waals surface area contributed by atoms with Crippen LogP contribution in [-0.2, 0) is 9.53 Å². The van der Waals surface area contributed by atoms with E-state index in [4.69, 9.17) is 4.74 Å². The Kier molecular flexibility index (Phi) is 2.86. The lowest BCUT2D eigenvalue weighted by atomic mass is 9.98. The van der Waals surface area contributed by atoms with Gasteiger partial charge in [0.1, 0.15) is 6.10 Å². The Hall–Kier alpha value is -1.57. The maximum Gasteiger partial charge on any atom is 0.303 e. The highest BCUT2D eigenvalue weighted by Crippen LogP contribution is 2.29. The molecule has 0 aromatic heterocycles. The largest absolute Gasteiger partial charge is 0.458 e. The minimum absolute atomic E-state index is 0.0484. The second kappa shape index (κ2) is 4.30. The first-order valence-corrected chi connectivity index (χ1v) is 5.16. The van der Waals surface area contributed by atoms with Crippen molar-refractivity contribution in [1.29, 1.82) is 0 Å². The molecule has 1 aromatic rings. The lowest BCUT2D eigenvalue weighted by Crippen LogP contribution is -2.12. The summed E-state index contributed by atoms with van der Waals surface area (Å²) < 4.78 is 5.14. The van der Waals surface area contributed by atoms with Crippen LogP contribution in [0.25, 0.3) is 0 Å². The van der Waals surface area contributed by atoms with Crippen molar-refractivity contribution in [2.24, 2.45) is 0 Å². The highest BCUT2D eigenvalue weighted by molar-refractivity contribution is 5.66. The SMILES string of the molecule is CC(=O)O[C@@H]1C=C[C@@H](c2ccccc2)C1. The molecule has 0 bridgehead atoms. The summed E-state index contributed by atoms with van der Waals surface area (Å²) in [5.41, 5.74) is 1.28. The van der Waals surface area contributed by atoms with Crippen LogP contribution in [0.4, 0.5) is 0 Å².